The molecule has 2 nitrogen and oxygen atoms in total. The Morgan fingerprint density at radius 1 is 1.05 bits per heavy atom. The lowest BCUT2D eigenvalue weighted by molar-refractivity contribution is 0.273. The Bertz CT molecular complexity index is 540. The van der Waals surface area contributed by atoms with Gasteiger partial charge in [-0.15, -0.1) is 0 Å². The number of fused-ring (bicyclic) bond motifs is 1. The highest BCUT2D eigenvalue weighted by atomic mass is 15.1. The van der Waals surface area contributed by atoms with Crippen LogP contribution < -0.4 is 5.73 Å². The van der Waals surface area contributed by atoms with E-state index in [0.717, 1.165) is 19.5 Å². The summed E-state index contributed by atoms with van der Waals surface area (Å²) in [4.78, 5) is 2.30. The van der Waals surface area contributed by atoms with E-state index in [4.69, 9.17) is 5.73 Å². The van der Waals surface area contributed by atoms with Crippen LogP contribution in [0.15, 0.2) is 42.5 Å². The average Bonchev–Trinajstić information content (AvgIpc) is 2.34. The van der Waals surface area contributed by atoms with Gasteiger partial charge in [-0.1, -0.05) is 42.5 Å². The Labute approximate surface area is 116 Å². The molecule has 2 aromatic carbocycles. The van der Waals surface area contributed by atoms with Gasteiger partial charge in [-0.05, 0) is 43.7 Å². The molecule has 0 spiro atoms. The average molecular weight is 256 g/mol. The van der Waals surface area contributed by atoms with Crippen LogP contribution in [0.1, 0.15) is 19.4 Å². The lowest BCUT2D eigenvalue weighted by Crippen LogP contribution is -2.44. The van der Waals surface area contributed by atoms with Crippen molar-refractivity contribution in [1.82, 2.24) is 4.90 Å². The van der Waals surface area contributed by atoms with E-state index in [1.165, 1.54) is 16.3 Å². The Morgan fingerprint density at radius 3 is 2.42 bits per heavy atom. The molecule has 2 rings (SSSR count). The van der Waals surface area contributed by atoms with Crippen molar-refractivity contribution in [1.29, 1.82) is 0 Å². The molecule has 19 heavy (non-hydrogen) atoms. The van der Waals surface area contributed by atoms with E-state index in [1.807, 2.05) is 0 Å². The van der Waals surface area contributed by atoms with Gasteiger partial charge in [-0.3, -0.25) is 0 Å². The van der Waals surface area contributed by atoms with Gasteiger partial charge in [-0.25, -0.2) is 0 Å². The normalized spacial score (nSPS) is 12.3. The van der Waals surface area contributed by atoms with Crippen LogP contribution in [0.4, 0.5) is 0 Å². The first-order valence-corrected chi connectivity index (χ1v) is 6.89. The fourth-order valence-corrected chi connectivity index (χ4v) is 2.49. The monoisotopic (exact) mass is 256 g/mol. The zero-order chi connectivity index (χ0) is 13.9. The minimum Gasteiger partial charge on any atom is -0.324 e. The zero-order valence-electron chi connectivity index (χ0n) is 12.2. The van der Waals surface area contributed by atoms with Crippen molar-refractivity contribution in [2.45, 2.75) is 25.8 Å². The fourth-order valence-electron chi connectivity index (χ4n) is 2.49. The number of nitrogens with two attached hydrogens (primary N) is 1. The molecule has 102 valence electrons. The van der Waals surface area contributed by atoms with Gasteiger partial charge < -0.3 is 10.6 Å². The summed E-state index contributed by atoms with van der Waals surface area (Å²) in [6, 6.07) is 15.2. The Balaban J connectivity index is 1.98. The largest absolute Gasteiger partial charge is 0.324 e. The number of benzene rings is 2. The van der Waals surface area contributed by atoms with Crippen LogP contribution >= 0.6 is 0 Å². The minimum atomic E-state index is -0.127. The molecular formula is C17H24N2. The molecule has 0 radical (unpaired) electrons. The van der Waals surface area contributed by atoms with Gasteiger partial charge >= 0.3 is 0 Å². The first kappa shape index (κ1) is 14.0. The van der Waals surface area contributed by atoms with Gasteiger partial charge in [0.05, 0.1) is 0 Å². The first-order valence-electron chi connectivity index (χ1n) is 6.89. The highest BCUT2D eigenvalue weighted by Gasteiger charge is 2.13. The quantitative estimate of drug-likeness (QED) is 0.891. The molecular weight excluding hydrogens is 232 g/mol. The van der Waals surface area contributed by atoms with E-state index in [0.29, 0.717) is 0 Å². The summed E-state index contributed by atoms with van der Waals surface area (Å²) in [5.41, 5.74) is 7.30. The van der Waals surface area contributed by atoms with Gasteiger partial charge in [-0.2, -0.15) is 0 Å². The van der Waals surface area contributed by atoms with Crippen LogP contribution in [0.5, 0.6) is 0 Å². The molecule has 0 saturated carbocycles. The Kier molecular flexibility index (Phi) is 4.23. The van der Waals surface area contributed by atoms with E-state index in [-0.39, 0.29) is 5.54 Å². The topological polar surface area (TPSA) is 29.3 Å². The molecule has 0 unspecified atom stereocenters. The van der Waals surface area contributed by atoms with Crippen LogP contribution in [0.2, 0.25) is 0 Å². The van der Waals surface area contributed by atoms with Crippen molar-refractivity contribution >= 4 is 10.8 Å². The van der Waals surface area contributed by atoms with Crippen LogP contribution in [0, 0.1) is 0 Å². The molecule has 2 N–H and O–H groups in total. The van der Waals surface area contributed by atoms with E-state index in [2.05, 4.69) is 68.3 Å². The van der Waals surface area contributed by atoms with Crippen LogP contribution in [0.3, 0.4) is 0 Å². The van der Waals surface area contributed by atoms with E-state index >= 15 is 0 Å². The van der Waals surface area contributed by atoms with Gasteiger partial charge in [0.25, 0.3) is 0 Å². The Morgan fingerprint density at radius 2 is 1.74 bits per heavy atom. The summed E-state index contributed by atoms with van der Waals surface area (Å²) < 4.78 is 0. The highest BCUT2D eigenvalue weighted by Crippen LogP contribution is 2.16. The van der Waals surface area contributed by atoms with E-state index in [1.54, 1.807) is 0 Å². The maximum absolute atomic E-state index is 6.04. The van der Waals surface area contributed by atoms with Crippen molar-refractivity contribution in [3.63, 3.8) is 0 Å². The number of hydrogen-bond acceptors (Lipinski definition) is 2. The van der Waals surface area contributed by atoms with Crippen LogP contribution in [0.25, 0.3) is 10.8 Å². The smallest absolute Gasteiger partial charge is 0.0225 e. The third-order valence-electron chi connectivity index (χ3n) is 3.27. The molecule has 0 aliphatic rings. The Hall–Kier alpha value is -1.38. The first-order chi connectivity index (χ1) is 8.94. The third kappa shape index (κ3) is 4.34. The number of likely N-dealkylation sites (N-methyl/N-ethyl adjacent to an activating group) is 1. The highest BCUT2D eigenvalue weighted by molar-refractivity contribution is 5.82. The van der Waals surface area contributed by atoms with E-state index < -0.39 is 0 Å². The molecule has 0 fully saturated rings. The van der Waals surface area contributed by atoms with Crippen molar-refractivity contribution in [2.24, 2.45) is 5.73 Å². The molecule has 0 amide bonds. The number of nitrogens with zero attached hydrogens (tertiary/aromatic N) is 1. The summed E-state index contributed by atoms with van der Waals surface area (Å²) in [7, 11) is 2.13. The second-order valence-corrected chi connectivity index (χ2v) is 6.16. The molecule has 0 aromatic heterocycles. The van der Waals surface area contributed by atoms with Gasteiger partial charge in [0.1, 0.15) is 0 Å². The van der Waals surface area contributed by atoms with Crippen molar-refractivity contribution in [3.05, 3.63) is 48.0 Å². The van der Waals surface area contributed by atoms with Crippen LogP contribution in [-0.2, 0) is 6.42 Å². The summed E-state index contributed by atoms with van der Waals surface area (Å²) in [5.74, 6) is 0. The van der Waals surface area contributed by atoms with Gasteiger partial charge in [0.2, 0.25) is 0 Å². The molecule has 0 heterocycles. The van der Waals surface area contributed by atoms with Crippen molar-refractivity contribution in [3.8, 4) is 0 Å². The predicted molar refractivity (Wildman–Crippen MR) is 83.4 cm³/mol. The summed E-state index contributed by atoms with van der Waals surface area (Å²) in [6.07, 6.45) is 1.07. The lowest BCUT2D eigenvalue weighted by Gasteiger charge is -2.26. The standard InChI is InChI=1S/C17H24N2/c1-17(2,18)13-19(3)11-10-14-8-9-15-6-4-5-7-16(15)12-14/h4-9,12H,10-11,13,18H2,1-3H3. The number of hydrogen-bond donors (Lipinski definition) is 1. The molecule has 0 aliphatic carbocycles. The van der Waals surface area contributed by atoms with Gasteiger partial charge in [0.15, 0.2) is 0 Å². The number of rotatable bonds is 5. The van der Waals surface area contributed by atoms with Crippen LogP contribution in [-0.4, -0.2) is 30.6 Å². The zero-order valence-corrected chi connectivity index (χ0v) is 12.2. The summed E-state index contributed by atoms with van der Waals surface area (Å²) >= 11 is 0. The maximum atomic E-state index is 6.04. The lowest BCUT2D eigenvalue weighted by atomic mass is 10.0. The minimum absolute atomic E-state index is 0.127. The SMILES string of the molecule is CN(CCc1ccc2ccccc2c1)CC(C)(C)N. The molecule has 2 heteroatoms. The second-order valence-electron chi connectivity index (χ2n) is 6.16. The molecule has 0 bridgehead atoms. The fraction of sp³-hybridized carbons (Fsp3) is 0.412. The van der Waals surface area contributed by atoms with Crippen molar-refractivity contribution in [2.75, 3.05) is 20.1 Å². The molecule has 2 aromatic rings. The van der Waals surface area contributed by atoms with Crippen molar-refractivity contribution < 1.29 is 0 Å². The third-order valence-corrected chi connectivity index (χ3v) is 3.27. The molecule has 0 aliphatic heterocycles. The molecule has 0 atom stereocenters. The van der Waals surface area contributed by atoms with Gasteiger partial charge in [0, 0.05) is 18.6 Å². The second kappa shape index (κ2) is 5.72. The maximum Gasteiger partial charge on any atom is 0.0225 e. The predicted octanol–water partition coefficient (Wildman–Crippen LogP) is 3.05. The molecule has 0 saturated heterocycles. The summed E-state index contributed by atoms with van der Waals surface area (Å²) in [5, 5.41) is 2.63. The van der Waals surface area contributed by atoms with E-state index in [9.17, 15) is 0 Å². The summed E-state index contributed by atoms with van der Waals surface area (Å²) in [6.45, 7) is 6.10.